The predicted molar refractivity (Wildman–Crippen MR) is 52.4 cm³/mol. The second kappa shape index (κ2) is 5.85. The monoisotopic (exact) mass is 183 g/mol. The Kier molecular flexibility index (Phi) is 4.56. The van der Waals surface area contributed by atoms with Crippen LogP contribution in [0.1, 0.15) is 0 Å². The van der Waals surface area contributed by atoms with Crippen LogP contribution in [0.2, 0.25) is 0 Å². The molecule has 0 saturated carbocycles. The molecule has 0 unspecified atom stereocenters. The van der Waals surface area contributed by atoms with E-state index in [2.05, 4.69) is 21.9 Å². The molecule has 2 N–H and O–H groups in total. The minimum atomic E-state index is 0.874. The largest absolute Gasteiger partial charge is 0.340 e. The maximum atomic E-state index is 4.09. The van der Waals surface area contributed by atoms with Crippen molar-refractivity contribution in [2.45, 2.75) is 5.16 Å². The number of rotatable bonds is 6. The minimum absolute atomic E-state index is 0.874. The van der Waals surface area contributed by atoms with Gasteiger partial charge in [-0.2, -0.15) is 0 Å². The fourth-order valence-electron chi connectivity index (χ4n) is 0.754. The Morgan fingerprint density at radius 1 is 1.75 bits per heavy atom. The van der Waals surface area contributed by atoms with Crippen LogP contribution >= 0.6 is 11.8 Å². The lowest BCUT2D eigenvalue weighted by Gasteiger charge is -1.98. The van der Waals surface area contributed by atoms with Gasteiger partial charge in [-0.05, 0) is 0 Å². The highest BCUT2D eigenvalue weighted by atomic mass is 32.2. The molecule has 0 saturated heterocycles. The Morgan fingerprint density at radius 3 is 3.33 bits per heavy atom. The second-order valence-electron chi connectivity index (χ2n) is 2.24. The van der Waals surface area contributed by atoms with E-state index < -0.39 is 0 Å². The van der Waals surface area contributed by atoms with Crippen molar-refractivity contribution in [1.29, 1.82) is 0 Å². The van der Waals surface area contributed by atoms with Crippen molar-refractivity contribution in [3.63, 3.8) is 0 Å². The third kappa shape index (κ3) is 3.59. The molecular weight excluding hydrogens is 170 g/mol. The predicted octanol–water partition coefficient (Wildman–Crippen LogP) is 1.28. The van der Waals surface area contributed by atoms with Crippen LogP contribution in [0.3, 0.4) is 0 Å². The zero-order valence-corrected chi connectivity index (χ0v) is 7.73. The van der Waals surface area contributed by atoms with E-state index in [1.54, 1.807) is 18.0 Å². The summed E-state index contributed by atoms with van der Waals surface area (Å²) < 4.78 is 0. The summed E-state index contributed by atoms with van der Waals surface area (Å²) in [6, 6.07) is 0. The molecular formula is C8H13N3S. The molecule has 0 atom stereocenters. The number of imidazole rings is 1. The molecule has 1 aromatic heterocycles. The summed E-state index contributed by atoms with van der Waals surface area (Å²) in [7, 11) is 0. The van der Waals surface area contributed by atoms with Gasteiger partial charge in [-0.25, -0.2) is 4.98 Å². The highest BCUT2D eigenvalue weighted by Crippen LogP contribution is 2.09. The van der Waals surface area contributed by atoms with Crippen molar-refractivity contribution >= 4 is 11.8 Å². The van der Waals surface area contributed by atoms with Gasteiger partial charge in [0.25, 0.3) is 0 Å². The average molecular weight is 183 g/mol. The SMILES string of the molecule is C=CCNCCSc1ncc[nH]1. The average Bonchev–Trinajstić information content (AvgIpc) is 2.57. The number of nitrogens with zero attached hydrogens (tertiary/aromatic N) is 1. The molecule has 4 heteroatoms. The van der Waals surface area contributed by atoms with E-state index in [1.165, 1.54) is 0 Å². The number of hydrogen-bond acceptors (Lipinski definition) is 3. The summed E-state index contributed by atoms with van der Waals surface area (Å²) in [6.07, 6.45) is 5.45. The molecule has 1 rings (SSSR count). The molecule has 66 valence electrons. The van der Waals surface area contributed by atoms with Gasteiger partial charge in [0.05, 0.1) is 0 Å². The smallest absolute Gasteiger partial charge is 0.165 e. The van der Waals surface area contributed by atoms with Crippen molar-refractivity contribution in [2.75, 3.05) is 18.8 Å². The summed E-state index contributed by atoms with van der Waals surface area (Å²) in [5.74, 6) is 1.03. The lowest BCUT2D eigenvalue weighted by molar-refractivity contribution is 0.806. The molecule has 0 fully saturated rings. The van der Waals surface area contributed by atoms with Crippen LogP contribution in [0.5, 0.6) is 0 Å². The summed E-state index contributed by atoms with van der Waals surface area (Å²) in [5, 5.41) is 4.20. The van der Waals surface area contributed by atoms with Gasteiger partial charge in [0, 0.05) is 31.2 Å². The lowest BCUT2D eigenvalue weighted by Crippen LogP contribution is -2.16. The summed E-state index contributed by atoms with van der Waals surface area (Å²) >= 11 is 1.71. The standard InChI is InChI=1S/C8H13N3S/c1-2-3-9-6-7-12-8-10-4-5-11-8/h2,4-5,9H,1,3,6-7H2,(H,10,11). The summed E-state index contributed by atoms with van der Waals surface area (Å²) in [6.45, 7) is 5.48. The fraction of sp³-hybridized carbons (Fsp3) is 0.375. The summed E-state index contributed by atoms with van der Waals surface area (Å²) in [4.78, 5) is 7.13. The number of hydrogen-bond donors (Lipinski definition) is 2. The van der Waals surface area contributed by atoms with E-state index in [4.69, 9.17) is 0 Å². The zero-order valence-electron chi connectivity index (χ0n) is 6.92. The molecule has 3 nitrogen and oxygen atoms in total. The van der Waals surface area contributed by atoms with Crippen LogP contribution in [0.4, 0.5) is 0 Å². The number of H-pyrrole nitrogens is 1. The maximum Gasteiger partial charge on any atom is 0.165 e. The maximum absolute atomic E-state index is 4.09. The Morgan fingerprint density at radius 2 is 2.67 bits per heavy atom. The molecule has 0 aliphatic heterocycles. The number of aromatic amines is 1. The first-order chi connectivity index (χ1) is 5.93. The van der Waals surface area contributed by atoms with Crippen molar-refractivity contribution < 1.29 is 0 Å². The van der Waals surface area contributed by atoms with Gasteiger partial charge >= 0.3 is 0 Å². The third-order valence-electron chi connectivity index (χ3n) is 1.28. The van der Waals surface area contributed by atoms with Gasteiger partial charge in [0.2, 0.25) is 0 Å². The normalized spacial score (nSPS) is 10.0. The van der Waals surface area contributed by atoms with Crippen molar-refractivity contribution in [1.82, 2.24) is 15.3 Å². The Balaban J connectivity index is 2.00. The first-order valence-corrected chi connectivity index (χ1v) is 4.86. The van der Waals surface area contributed by atoms with Gasteiger partial charge in [-0.15, -0.1) is 6.58 Å². The zero-order chi connectivity index (χ0) is 8.65. The van der Waals surface area contributed by atoms with E-state index in [0.29, 0.717) is 0 Å². The molecule has 0 aromatic carbocycles. The van der Waals surface area contributed by atoms with Gasteiger partial charge < -0.3 is 10.3 Å². The van der Waals surface area contributed by atoms with Crippen LogP contribution in [0, 0.1) is 0 Å². The molecule has 0 aliphatic rings. The Hall–Kier alpha value is -0.740. The lowest BCUT2D eigenvalue weighted by atomic mass is 10.6. The molecule has 12 heavy (non-hydrogen) atoms. The van der Waals surface area contributed by atoms with Crippen LogP contribution in [0.25, 0.3) is 0 Å². The van der Waals surface area contributed by atoms with Gasteiger partial charge in [0.1, 0.15) is 0 Å². The van der Waals surface area contributed by atoms with Crippen LogP contribution in [-0.4, -0.2) is 28.8 Å². The molecule has 0 spiro atoms. The molecule has 1 heterocycles. The number of nitrogens with one attached hydrogen (secondary N) is 2. The van der Waals surface area contributed by atoms with Crippen LogP contribution in [0.15, 0.2) is 30.2 Å². The van der Waals surface area contributed by atoms with Crippen LogP contribution in [-0.2, 0) is 0 Å². The fourth-order valence-corrected chi connectivity index (χ4v) is 1.48. The first-order valence-electron chi connectivity index (χ1n) is 3.87. The Bertz CT molecular complexity index is 208. The number of thioether (sulfide) groups is 1. The quantitative estimate of drug-likeness (QED) is 0.396. The van der Waals surface area contributed by atoms with E-state index in [1.807, 2.05) is 12.3 Å². The van der Waals surface area contributed by atoms with Gasteiger partial charge in [0.15, 0.2) is 5.16 Å². The van der Waals surface area contributed by atoms with Crippen molar-refractivity contribution in [3.05, 3.63) is 25.0 Å². The number of aromatic nitrogens is 2. The highest BCUT2D eigenvalue weighted by Gasteiger charge is 1.93. The van der Waals surface area contributed by atoms with Crippen molar-refractivity contribution in [2.24, 2.45) is 0 Å². The minimum Gasteiger partial charge on any atom is -0.340 e. The molecule has 0 radical (unpaired) electrons. The van der Waals surface area contributed by atoms with Crippen LogP contribution < -0.4 is 5.32 Å². The van der Waals surface area contributed by atoms with E-state index in [9.17, 15) is 0 Å². The second-order valence-corrected chi connectivity index (χ2v) is 3.32. The van der Waals surface area contributed by atoms with E-state index in [-0.39, 0.29) is 0 Å². The third-order valence-corrected chi connectivity index (χ3v) is 2.18. The van der Waals surface area contributed by atoms with Gasteiger partial charge in [-0.3, -0.25) is 0 Å². The molecule has 1 aromatic rings. The topological polar surface area (TPSA) is 40.7 Å². The molecule has 0 aliphatic carbocycles. The first kappa shape index (κ1) is 9.35. The van der Waals surface area contributed by atoms with Crippen molar-refractivity contribution in [3.8, 4) is 0 Å². The highest BCUT2D eigenvalue weighted by molar-refractivity contribution is 7.99. The summed E-state index contributed by atoms with van der Waals surface area (Å²) in [5.41, 5.74) is 0. The van der Waals surface area contributed by atoms with E-state index in [0.717, 1.165) is 24.0 Å². The molecule has 0 bridgehead atoms. The van der Waals surface area contributed by atoms with E-state index >= 15 is 0 Å². The molecule has 0 amide bonds. The van der Waals surface area contributed by atoms with Gasteiger partial charge in [-0.1, -0.05) is 17.8 Å². The Labute approximate surface area is 76.7 Å².